The van der Waals surface area contributed by atoms with Gasteiger partial charge in [-0.15, -0.1) is 0 Å². The highest BCUT2D eigenvalue weighted by atomic mass is 32.2. The van der Waals surface area contributed by atoms with E-state index in [2.05, 4.69) is 9.97 Å². The minimum atomic E-state index is -3.61. The molecule has 3 aromatic rings. The molecule has 4 nitrogen and oxygen atoms in total. The first kappa shape index (κ1) is 13.6. The van der Waals surface area contributed by atoms with Crippen molar-refractivity contribution in [2.24, 2.45) is 0 Å². The Hall–Kier alpha value is -2.40. The standard InChI is InChI=1S/C16H14N2O2S/c1-12-7-9-14(10-8-12)21(19,20)16-15(17-11-18-16)13-5-3-2-4-6-13/h2-11H,1H3,(H,17,18). The van der Waals surface area contributed by atoms with Crippen LogP contribution < -0.4 is 0 Å². The van der Waals surface area contributed by atoms with E-state index in [1.165, 1.54) is 6.33 Å². The van der Waals surface area contributed by atoms with Crippen LogP contribution in [-0.2, 0) is 9.84 Å². The predicted octanol–water partition coefficient (Wildman–Crippen LogP) is 3.22. The number of nitrogens with zero attached hydrogens (tertiary/aromatic N) is 1. The summed E-state index contributed by atoms with van der Waals surface area (Å²) in [5.41, 5.74) is 2.22. The zero-order valence-corrected chi connectivity index (χ0v) is 12.3. The molecular formula is C16H14N2O2S. The van der Waals surface area contributed by atoms with Gasteiger partial charge in [0.2, 0.25) is 9.84 Å². The lowest BCUT2D eigenvalue weighted by molar-refractivity contribution is 0.593. The van der Waals surface area contributed by atoms with Gasteiger partial charge in [-0.1, -0.05) is 48.0 Å². The van der Waals surface area contributed by atoms with Crippen LogP contribution in [0.5, 0.6) is 0 Å². The molecule has 0 atom stereocenters. The van der Waals surface area contributed by atoms with Gasteiger partial charge in [-0.2, -0.15) is 0 Å². The minimum absolute atomic E-state index is 0.123. The lowest BCUT2D eigenvalue weighted by Gasteiger charge is -2.05. The monoisotopic (exact) mass is 298 g/mol. The van der Waals surface area contributed by atoms with Crippen molar-refractivity contribution in [1.29, 1.82) is 0 Å². The number of nitrogens with one attached hydrogen (secondary N) is 1. The highest BCUT2D eigenvalue weighted by Gasteiger charge is 2.24. The van der Waals surface area contributed by atoms with Gasteiger partial charge in [-0.05, 0) is 19.1 Å². The predicted molar refractivity (Wildman–Crippen MR) is 80.7 cm³/mol. The molecule has 0 amide bonds. The van der Waals surface area contributed by atoms with E-state index < -0.39 is 9.84 Å². The summed E-state index contributed by atoms with van der Waals surface area (Å²) in [6, 6.07) is 16.1. The fraction of sp³-hybridized carbons (Fsp3) is 0.0625. The largest absolute Gasteiger partial charge is 0.335 e. The zero-order valence-electron chi connectivity index (χ0n) is 11.4. The van der Waals surface area contributed by atoms with Crippen molar-refractivity contribution in [3.63, 3.8) is 0 Å². The van der Waals surface area contributed by atoms with Crippen LogP contribution in [0.25, 0.3) is 11.3 Å². The van der Waals surface area contributed by atoms with Gasteiger partial charge in [-0.25, -0.2) is 13.4 Å². The summed E-state index contributed by atoms with van der Waals surface area (Å²) in [5.74, 6) is 0. The summed E-state index contributed by atoms with van der Waals surface area (Å²) in [7, 11) is -3.61. The van der Waals surface area contributed by atoms with Crippen molar-refractivity contribution in [2.45, 2.75) is 16.8 Å². The molecule has 21 heavy (non-hydrogen) atoms. The Bertz CT molecular complexity index is 851. The summed E-state index contributed by atoms with van der Waals surface area (Å²) >= 11 is 0. The Morgan fingerprint density at radius 1 is 0.952 bits per heavy atom. The van der Waals surface area contributed by atoms with Crippen molar-refractivity contribution in [1.82, 2.24) is 9.97 Å². The van der Waals surface area contributed by atoms with E-state index in [0.29, 0.717) is 5.69 Å². The van der Waals surface area contributed by atoms with Crippen molar-refractivity contribution in [3.8, 4) is 11.3 Å². The van der Waals surface area contributed by atoms with E-state index in [-0.39, 0.29) is 9.92 Å². The van der Waals surface area contributed by atoms with Gasteiger partial charge in [0.1, 0.15) is 5.69 Å². The molecule has 3 rings (SSSR count). The topological polar surface area (TPSA) is 62.8 Å². The van der Waals surface area contributed by atoms with Crippen LogP contribution in [-0.4, -0.2) is 18.4 Å². The van der Waals surface area contributed by atoms with Crippen LogP contribution in [0.4, 0.5) is 0 Å². The molecule has 0 saturated carbocycles. The van der Waals surface area contributed by atoms with Gasteiger partial charge in [0.15, 0.2) is 5.03 Å². The second-order valence-corrected chi connectivity index (χ2v) is 6.65. The lowest BCUT2D eigenvalue weighted by Crippen LogP contribution is -2.04. The maximum Gasteiger partial charge on any atom is 0.224 e. The molecule has 0 unspecified atom stereocenters. The van der Waals surface area contributed by atoms with Crippen LogP contribution in [0.2, 0.25) is 0 Å². The van der Waals surface area contributed by atoms with E-state index in [0.717, 1.165) is 11.1 Å². The smallest absolute Gasteiger partial charge is 0.224 e. The molecule has 0 aliphatic heterocycles. The van der Waals surface area contributed by atoms with Gasteiger partial charge in [0.25, 0.3) is 0 Å². The molecule has 0 fully saturated rings. The molecule has 106 valence electrons. The van der Waals surface area contributed by atoms with Gasteiger partial charge < -0.3 is 4.98 Å². The Kier molecular flexibility index (Phi) is 3.35. The highest BCUT2D eigenvalue weighted by molar-refractivity contribution is 7.91. The molecule has 0 radical (unpaired) electrons. The number of aromatic amines is 1. The molecule has 0 aliphatic carbocycles. The number of aromatic nitrogens is 2. The third-order valence-corrected chi connectivity index (χ3v) is 4.99. The average molecular weight is 298 g/mol. The highest BCUT2D eigenvalue weighted by Crippen LogP contribution is 2.28. The molecule has 0 spiro atoms. The number of H-pyrrole nitrogens is 1. The quantitative estimate of drug-likeness (QED) is 0.807. The Morgan fingerprint density at radius 3 is 2.29 bits per heavy atom. The van der Waals surface area contributed by atoms with Gasteiger partial charge in [0, 0.05) is 5.56 Å². The van der Waals surface area contributed by atoms with Gasteiger partial charge in [-0.3, -0.25) is 0 Å². The van der Waals surface area contributed by atoms with Gasteiger partial charge in [0.05, 0.1) is 11.2 Å². The average Bonchev–Trinajstić information content (AvgIpc) is 2.99. The van der Waals surface area contributed by atoms with E-state index in [9.17, 15) is 8.42 Å². The maximum absolute atomic E-state index is 12.7. The first-order valence-corrected chi connectivity index (χ1v) is 7.98. The minimum Gasteiger partial charge on any atom is -0.335 e. The molecule has 2 aromatic carbocycles. The normalized spacial score (nSPS) is 11.5. The molecular weight excluding hydrogens is 284 g/mol. The Labute approximate surface area is 123 Å². The van der Waals surface area contributed by atoms with Crippen molar-refractivity contribution in [2.75, 3.05) is 0 Å². The lowest BCUT2D eigenvalue weighted by atomic mass is 10.2. The molecule has 0 saturated heterocycles. The zero-order chi connectivity index (χ0) is 14.9. The van der Waals surface area contributed by atoms with Crippen LogP contribution in [0.3, 0.4) is 0 Å². The number of rotatable bonds is 3. The summed E-state index contributed by atoms with van der Waals surface area (Å²) < 4.78 is 25.5. The van der Waals surface area contributed by atoms with E-state index >= 15 is 0 Å². The van der Waals surface area contributed by atoms with Crippen molar-refractivity contribution >= 4 is 9.84 Å². The molecule has 0 aliphatic rings. The molecule has 1 heterocycles. The second-order valence-electron chi connectivity index (χ2n) is 4.76. The summed E-state index contributed by atoms with van der Waals surface area (Å²) in [6.45, 7) is 1.92. The fourth-order valence-corrected chi connectivity index (χ4v) is 3.49. The van der Waals surface area contributed by atoms with E-state index in [1.807, 2.05) is 37.3 Å². The third kappa shape index (κ3) is 2.48. The summed E-state index contributed by atoms with van der Waals surface area (Å²) in [6.07, 6.45) is 1.41. The van der Waals surface area contributed by atoms with Crippen LogP contribution >= 0.6 is 0 Å². The molecule has 0 bridgehead atoms. The van der Waals surface area contributed by atoms with E-state index in [4.69, 9.17) is 0 Å². The number of imidazole rings is 1. The number of hydrogen-bond acceptors (Lipinski definition) is 3. The Morgan fingerprint density at radius 2 is 1.62 bits per heavy atom. The number of hydrogen-bond donors (Lipinski definition) is 1. The second kappa shape index (κ2) is 5.18. The number of sulfone groups is 1. The first-order valence-electron chi connectivity index (χ1n) is 6.49. The third-order valence-electron chi connectivity index (χ3n) is 3.25. The van der Waals surface area contributed by atoms with Crippen LogP contribution in [0.15, 0.2) is 70.8 Å². The maximum atomic E-state index is 12.7. The molecule has 1 N–H and O–H groups in total. The Balaban J connectivity index is 2.13. The van der Waals surface area contributed by atoms with Crippen LogP contribution in [0.1, 0.15) is 5.56 Å². The van der Waals surface area contributed by atoms with Gasteiger partial charge >= 0.3 is 0 Å². The van der Waals surface area contributed by atoms with Crippen molar-refractivity contribution in [3.05, 3.63) is 66.5 Å². The first-order chi connectivity index (χ1) is 10.1. The SMILES string of the molecule is Cc1ccc(S(=O)(=O)c2[nH]cnc2-c2ccccc2)cc1. The van der Waals surface area contributed by atoms with Crippen molar-refractivity contribution < 1.29 is 8.42 Å². The summed E-state index contributed by atoms with van der Waals surface area (Å²) in [5, 5.41) is 0.123. The van der Waals surface area contributed by atoms with Crippen LogP contribution in [0, 0.1) is 6.92 Å². The molecule has 1 aromatic heterocycles. The summed E-state index contributed by atoms with van der Waals surface area (Å²) in [4.78, 5) is 7.18. The van der Waals surface area contributed by atoms with E-state index in [1.54, 1.807) is 24.3 Å². The molecule has 5 heteroatoms. The number of benzene rings is 2. The number of aryl methyl sites for hydroxylation is 1. The fourth-order valence-electron chi connectivity index (χ4n) is 2.12.